The lowest BCUT2D eigenvalue weighted by molar-refractivity contribution is 0.0742. The maximum Gasteiger partial charge on any atom is 0.115 e. The minimum atomic E-state index is -1.21. The molecule has 2 aliphatic carbocycles. The third-order valence-electron chi connectivity index (χ3n) is 5.81. The average Bonchev–Trinajstić information content (AvgIpc) is 2.95. The molecule has 0 radical (unpaired) electrons. The zero-order valence-corrected chi connectivity index (χ0v) is 16.5. The molecule has 0 aromatic rings. The molecule has 21 heavy (non-hydrogen) atoms. The molecule has 2 aliphatic heterocycles. The second-order valence-corrected chi connectivity index (χ2v) is 15.4. The maximum absolute atomic E-state index is 3.98. The van der Waals surface area contributed by atoms with Gasteiger partial charge in [-0.1, -0.05) is 0 Å². The lowest BCUT2D eigenvalue weighted by Gasteiger charge is -2.65. The van der Waals surface area contributed by atoms with Crippen LogP contribution in [-0.4, -0.2) is 36.4 Å². The summed E-state index contributed by atoms with van der Waals surface area (Å²) in [5.41, 5.74) is 2.32. The Balaban J connectivity index is 1.80. The summed E-state index contributed by atoms with van der Waals surface area (Å²) in [7, 11) is -0.876. The predicted octanol–water partition coefficient (Wildman–Crippen LogP) is 3.52. The minimum Gasteiger partial charge on any atom is -0.523 e. The second-order valence-electron chi connectivity index (χ2n) is 9.21. The monoisotopic (exact) mass is 323 g/mol. The van der Waals surface area contributed by atoms with Gasteiger partial charge in [0, 0.05) is 29.8 Å². The fourth-order valence-electron chi connectivity index (χ4n) is 4.91. The molecular formula is C16H30N3PSi. The van der Waals surface area contributed by atoms with Crippen LogP contribution in [0, 0.1) is 11.8 Å². The van der Waals surface area contributed by atoms with Crippen molar-refractivity contribution in [3.8, 4) is 0 Å². The molecule has 0 amide bonds. The summed E-state index contributed by atoms with van der Waals surface area (Å²) in [5.74, 6) is 1.80. The molecule has 0 unspecified atom stereocenters. The normalized spacial score (nSPS) is 35.3. The number of hydrogen-bond acceptors (Lipinski definition) is 3. The number of fused-ring (bicyclic) bond motifs is 5. The molecule has 1 saturated heterocycles. The third kappa shape index (κ3) is 1.77. The molecule has 0 aromatic heterocycles. The molecule has 1 saturated carbocycles. The number of hydrogen-bond donors (Lipinski definition) is 1. The van der Waals surface area contributed by atoms with Crippen molar-refractivity contribution in [3.63, 3.8) is 0 Å². The molecule has 2 bridgehead atoms. The van der Waals surface area contributed by atoms with E-state index in [1.54, 1.807) is 5.70 Å². The summed E-state index contributed by atoms with van der Waals surface area (Å²) >= 11 is 0. The summed E-state index contributed by atoms with van der Waals surface area (Å²) < 4.78 is 5.80. The lowest BCUT2D eigenvalue weighted by Crippen LogP contribution is -2.65. The Morgan fingerprint density at radius 2 is 1.57 bits per heavy atom. The van der Waals surface area contributed by atoms with E-state index in [1.807, 2.05) is 5.31 Å². The van der Waals surface area contributed by atoms with Gasteiger partial charge in [0.15, 0.2) is 0 Å². The van der Waals surface area contributed by atoms with Crippen LogP contribution >= 0.6 is 7.11 Å². The molecule has 2 heterocycles. The number of nitrogens with zero attached hydrogens (tertiary/aromatic N) is 2. The third-order valence-corrected chi connectivity index (χ3v) is 14.8. The first-order valence-corrected chi connectivity index (χ1v) is 12.4. The summed E-state index contributed by atoms with van der Waals surface area (Å²) in [6, 6.07) is 0. The van der Waals surface area contributed by atoms with Crippen molar-refractivity contribution in [1.82, 2.24) is 14.3 Å². The molecule has 0 aromatic carbocycles. The van der Waals surface area contributed by atoms with Crippen molar-refractivity contribution in [2.75, 3.05) is 6.67 Å². The SMILES string of the molecule is CC(C)(C)N1CN(C(C)(C)C)[P+]12[SiH-]NC1=C2[C@H]2CC[C@@H]1C2. The molecule has 1 spiro atoms. The topological polar surface area (TPSA) is 18.5 Å². The molecule has 4 aliphatic rings. The van der Waals surface area contributed by atoms with Crippen molar-refractivity contribution >= 4 is 16.5 Å². The fraction of sp³-hybridized carbons (Fsp3) is 0.875. The van der Waals surface area contributed by atoms with Gasteiger partial charge >= 0.3 is 0 Å². The van der Waals surface area contributed by atoms with E-state index in [0.717, 1.165) is 11.8 Å². The van der Waals surface area contributed by atoms with Crippen molar-refractivity contribution in [1.29, 1.82) is 0 Å². The highest BCUT2D eigenvalue weighted by Crippen LogP contribution is 2.85. The second kappa shape index (κ2) is 4.14. The van der Waals surface area contributed by atoms with E-state index in [4.69, 9.17) is 0 Å². The Morgan fingerprint density at radius 1 is 1.00 bits per heavy atom. The van der Waals surface area contributed by atoms with Gasteiger partial charge < -0.3 is 4.98 Å². The first-order chi connectivity index (χ1) is 9.65. The molecule has 4 rings (SSSR count). The van der Waals surface area contributed by atoms with Crippen molar-refractivity contribution in [2.24, 2.45) is 11.8 Å². The summed E-state index contributed by atoms with van der Waals surface area (Å²) in [6.07, 6.45) is 4.36. The molecule has 1 N–H and O–H groups in total. The zero-order valence-electron chi connectivity index (χ0n) is 14.4. The molecular weight excluding hydrogens is 293 g/mol. The van der Waals surface area contributed by atoms with E-state index in [2.05, 4.69) is 55.9 Å². The van der Waals surface area contributed by atoms with Crippen LogP contribution in [0.3, 0.4) is 0 Å². The minimum absolute atomic E-state index is 0.300. The standard InChI is InChI=1S/C16H30N3PSi/c1-15(2,3)18-10-19(16(4,5)6)20(18)14-12-8-7-11(9-12)13(14)17-21-20/h11-12,17,21H,7-10H2,1-6H3/t11-,12+/m1/s1. The van der Waals surface area contributed by atoms with Gasteiger partial charge in [0.2, 0.25) is 0 Å². The van der Waals surface area contributed by atoms with Crippen molar-refractivity contribution < 1.29 is 0 Å². The van der Waals surface area contributed by atoms with Crippen LogP contribution in [0.2, 0.25) is 0 Å². The fourth-order valence-corrected chi connectivity index (χ4v) is 16.4. The quantitative estimate of drug-likeness (QED) is 0.543. The van der Waals surface area contributed by atoms with E-state index in [1.165, 1.54) is 25.9 Å². The number of nitrogens with one attached hydrogen (secondary N) is 1. The Hall–Kier alpha value is 0.107. The highest BCUT2D eigenvalue weighted by Gasteiger charge is 2.68. The zero-order chi connectivity index (χ0) is 15.2. The van der Waals surface area contributed by atoms with Gasteiger partial charge in [-0.3, -0.25) is 0 Å². The van der Waals surface area contributed by atoms with E-state index in [0.29, 0.717) is 20.4 Å². The van der Waals surface area contributed by atoms with Gasteiger partial charge in [0.05, 0.1) is 14.7 Å². The molecule has 3 nitrogen and oxygen atoms in total. The van der Waals surface area contributed by atoms with Gasteiger partial charge in [0.1, 0.15) is 6.67 Å². The van der Waals surface area contributed by atoms with Crippen LogP contribution in [0.15, 0.2) is 11.0 Å². The Kier molecular flexibility index (Phi) is 2.89. The van der Waals surface area contributed by atoms with E-state index in [9.17, 15) is 0 Å². The van der Waals surface area contributed by atoms with Crippen LogP contribution < -0.4 is 4.98 Å². The number of allylic oxidation sites excluding steroid dienone is 2. The first-order valence-electron chi connectivity index (χ1n) is 8.46. The van der Waals surface area contributed by atoms with Gasteiger partial charge in [-0.05, 0) is 66.7 Å². The van der Waals surface area contributed by atoms with Crippen LogP contribution in [-0.2, 0) is 0 Å². The van der Waals surface area contributed by atoms with E-state index >= 15 is 0 Å². The van der Waals surface area contributed by atoms with Crippen LogP contribution in [0.25, 0.3) is 0 Å². The highest BCUT2D eigenvalue weighted by molar-refractivity contribution is 8.01. The van der Waals surface area contributed by atoms with Crippen molar-refractivity contribution in [2.45, 2.75) is 71.9 Å². The van der Waals surface area contributed by atoms with E-state index < -0.39 is 7.11 Å². The molecule has 2 atom stereocenters. The largest absolute Gasteiger partial charge is 0.523 e. The molecule has 118 valence electrons. The van der Waals surface area contributed by atoms with Crippen molar-refractivity contribution in [3.05, 3.63) is 11.0 Å². The van der Waals surface area contributed by atoms with Crippen LogP contribution in [0.1, 0.15) is 60.8 Å². The maximum atomic E-state index is 3.98. The highest BCUT2D eigenvalue weighted by atomic mass is 31.4. The lowest BCUT2D eigenvalue weighted by atomic mass is 10.1. The predicted molar refractivity (Wildman–Crippen MR) is 93.1 cm³/mol. The summed E-state index contributed by atoms with van der Waals surface area (Å²) in [4.78, 5) is 3.98. The van der Waals surface area contributed by atoms with Crippen LogP contribution in [0.4, 0.5) is 0 Å². The average molecular weight is 323 g/mol. The first kappa shape index (κ1) is 14.7. The molecule has 5 heteroatoms. The Bertz CT molecular complexity index is 497. The Labute approximate surface area is 132 Å². The van der Waals surface area contributed by atoms with Gasteiger partial charge in [-0.2, -0.15) is 9.34 Å². The smallest absolute Gasteiger partial charge is 0.115 e. The Morgan fingerprint density at radius 3 is 2.14 bits per heavy atom. The van der Waals surface area contributed by atoms with Gasteiger partial charge in [0.25, 0.3) is 0 Å². The summed E-state index contributed by atoms with van der Waals surface area (Å²) in [5, 5.41) is 1.92. The van der Waals surface area contributed by atoms with Gasteiger partial charge in [-0.15, -0.1) is 0 Å². The van der Waals surface area contributed by atoms with E-state index in [-0.39, 0.29) is 0 Å². The molecule has 2 fully saturated rings. The number of rotatable bonds is 0. The van der Waals surface area contributed by atoms with Gasteiger partial charge in [-0.25, -0.2) is 0 Å². The summed E-state index contributed by atoms with van der Waals surface area (Å²) in [6.45, 7) is 15.7. The van der Waals surface area contributed by atoms with Crippen LogP contribution in [0.5, 0.6) is 0 Å².